The Morgan fingerprint density at radius 3 is 2.59 bits per heavy atom. The summed E-state index contributed by atoms with van der Waals surface area (Å²) in [6, 6.07) is 14.6. The van der Waals surface area contributed by atoms with Crippen LogP contribution in [-0.2, 0) is 27.7 Å². The summed E-state index contributed by atoms with van der Waals surface area (Å²) < 4.78 is 30.6. The molecule has 2 heterocycles. The van der Waals surface area contributed by atoms with E-state index in [2.05, 4.69) is 4.98 Å². The zero-order chi connectivity index (χ0) is 24.5. The molecule has 3 aromatic rings. The lowest BCUT2D eigenvalue weighted by atomic mass is 10.1. The quantitative estimate of drug-likeness (QED) is 0.459. The molecule has 0 aliphatic carbocycles. The third kappa shape index (κ3) is 4.83. The van der Waals surface area contributed by atoms with Crippen LogP contribution in [0.2, 0.25) is 0 Å². The molecule has 10 heteroatoms. The molecule has 0 fully saturated rings. The molecule has 0 spiro atoms. The minimum absolute atomic E-state index is 0.248. The highest BCUT2D eigenvalue weighted by Crippen LogP contribution is 2.33. The second-order valence-corrected chi connectivity index (χ2v) is 10.8. The van der Waals surface area contributed by atoms with E-state index in [9.17, 15) is 18.0 Å². The van der Waals surface area contributed by atoms with Gasteiger partial charge in [-0.2, -0.15) is 0 Å². The van der Waals surface area contributed by atoms with Crippen LogP contribution in [0.3, 0.4) is 0 Å². The van der Waals surface area contributed by atoms with Crippen molar-refractivity contribution in [1.82, 2.24) is 4.98 Å². The molecule has 0 bridgehead atoms. The van der Waals surface area contributed by atoms with E-state index in [4.69, 9.17) is 4.74 Å². The van der Waals surface area contributed by atoms with Crippen molar-refractivity contribution in [3.63, 3.8) is 0 Å². The Kier molecular flexibility index (Phi) is 6.72. The predicted octanol–water partition coefficient (Wildman–Crippen LogP) is 3.80. The largest absolute Gasteiger partial charge is 0.462 e. The molecular weight excluding hydrogens is 474 g/mol. The van der Waals surface area contributed by atoms with Gasteiger partial charge in [0, 0.05) is 12.1 Å². The molecule has 34 heavy (non-hydrogen) atoms. The number of nitrogens with zero attached hydrogens (tertiary/aromatic N) is 3. The number of thiazole rings is 1. The molecule has 4 rings (SSSR count). The maximum atomic E-state index is 13.7. The molecule has 1 aliphatic heterocycles. The van der Waals surface area contributed by atoms with Crippen molar-refractivity contribution >= 4 is 44.1 Å². The first-order chi connectivity index (χ1) is 16.2. The van der Waals surface area contributed by atoms with Gasteiger partial charge in [0.25, 0.3) is 5.91 Å². The maximum absolute atomic E-state index is 13.7. The topological polar surface area (TPSA) is 96.9 Å². The summed E-state index contributed by atoms with van der Waals surface area (Å²) in [6.45, 7) is 4.32. The lowest BCUT2D eigenvalue weighted by molar-refractivity contribution is 0.0531. The highest BCUT2D eigenvalue weighted by Gasteiger charge is 2.29. The molecule has 0 N–H and O–H groups in total. The van der Waals surface area contributed by atoms with Gasteiger partial charge in [-0.1, -0.05) is 41.7 Å². The average molecular weight is 500 g/mol. The lowest BCUT2D eigenvalue weighted by Crippen LogP contribution is -2.30. The molecule has 1 aliphatic rings. The summed E-state index contributed by atoms with van der Waals surface area (Å²) in [5, 5.41) is 0.396. The molecule has 8 nitrogen and oxygen atoms in total. The lowest BCUT2D eigenvalue weighted by Gasteiger charge is -2.21. The molecule has 0 atom stereocenters. The van der Waals surface area contributed by atoms with Crippen LogP contribution in [0, 0.1) is 6.92 Å². The van der Waals surface area contributed by atoms with E-state index in [0.717, 1.165) is 22.5 Å². The smallest absolute Gasteiger partial charge is 0.350 e. The molecule has 2 aromatic carbocycles. The first-order valence-corrected chi connectivity index (χ1v) is 13.5. The summed E-state index contributed by atoms with van der Waals surface area (Å²) in [5.41, 5.74) is 3.24. The molecule has 1 amide bonds. The van der Waals surface area contributed by atoms with E-state index in [1.807, 2.05) is 30.3 Å². The molecular formula is C24H25N3O5S2. The van der Waals surface area contributed by atoms with E-state index >= 15 is 0 Å². The van der Waals surface area contributed by atoms with Crippen LogP contribution in [0.4, 0.5) is 10.8 Å². The highest BCUT2D eigenvalue weighted by atomic mass is 32.2. The van der Waals surface area contributed by atoms with Gasteiger partial charge >= 0.3 is 5.97 Å². The van der Waals surface area contributed by atoms with Gasteiger partial charge in [0.05, 0.1) is 30.8 Å². The summed E-state index contributed by atoms with van der Waals surface area (Å²) in [7, 11) is -3.38. The van der Waals surface area contributed by atoms with Gasteiger partial charge in [-0.25, -0.2) is 18.2 Å². The van der Waals surface area contributed by atoms with Crippen LogP contribution >= 0.6 is 11.3 Å². The number of benzene rings is 2. The van der Waals surface area contributed by atoms with E-state index in [1.54, 1.807) is 36.9 Å². The van der Waals surface area contributed by atoms with Crippen LogP contribution in [0.5, 0.6) is 0 Å². The van der Waals surface area contributed by atoms with Gasteiger partial charge in [-0.3, -0.25) is 14.0 Å². The number of amides is 1. The van der Waals surface area contributed by atoms with Crippen LogP contribution in [0.25, 0.3) is 0 Å². The third-order valence-corrected chi connectivity index (χ3v) is 7.83. The van der Waals surface area contributed by atoms with Crippen molar-refractivity contribution in [2.24, 2.45) is 0 Å². The molecule has 178 valence electrons. The predicted molar refractivity (Wildman–Crippen MR) is 132 cm³/mol. The van der Waals surface area contributed by atoms with Gasteiger partial charge in [0.2, 0.25) is 10.0 Å². The standard InChI is InChI=1S/C24H25N3O5S2/c1-4-32-23(29)21-16(2)25-24(33-21)26(15-17-8-6-5-7-9-17)22(28)19-10-11-20-18(14-19)12-13-27(20)34(3,30)31/h5-11,14H,4,12-13,15H2,1-3H3. The monoisotopic (exact) mass is 499 g/mol. The Hall–Kier alpha value is -3.24. The van der Waals surface area contributed by atoms with Crippen molar-refractivity contribution in [1.29, 1.82) is 0 Å². The number of hydrogen-bond donors (Lipinski definition) is 0. The van der Waals surface area contributed by atoms with Crippen molar-refractivity contribution in [2.45, 2.75) is 26.8 Å². The van der Waals surface area contributed by atoms with Crippen molar-refractivity contribution in [2.75, 3.05) is 28.6 Å². The number of hydrogen-bond acceptors (Lipinski definition) is 7. The minimum atomic E-state index is -3.38. The SMILES string of the molecule is CCOC(=O)c1sc(N(Cc2ccccc2)C(=O)c2ccc3c(c2)CCN3S(C)(=O)=O)nc1C. The van der Waals surface area contributed by atoms with Gasteiger partial charge in [0.1, 0.15) is 4.88 Å². The van der Waals surface area contributed by atoms with Gasteiger partial charge < -0.3 is 4.74 Å². The van der Waals surface area contributed by atoms with Crippen molar-refractivity contribution < 1.29 is 22.7 Å². The number of fused-ring (bicyclic) bond motifs is 1. The van der Waals surface area contributed by atoms with Crippen LogP contribution < -0.4 is 9.21 Å². The van der Waals surface area contributed by atoms with Crippen LogP contribution in [0.1, 0.15) is 43.8 Å². The van der Waals surface area contributed by atoms with E-state index < -0.39 is 16.0 Å². The van der Waals surface area contributed by atoms with Gasteiger partial charge in [0.15, 0.2) is 5.13 Å². The van der Waals surface area contributed by atoms with Crippen LogP contribution in [-0.4, -0.2) is 44.7 Å². The number of sulfonamides is 1. The maximum Gasteiger partial charge on any atom is 0.350 e. The van der Waals surface area contributed by atoms with Crippen molar-refractivity contribution in [3.8, 4) is 0 Å². The number of aryl methyl sites for hydroxylation is 1. The first kappa shape index (κ1) is 23.9. The summed E-state index contributed by atoms with van der Waals surface area (Å²) in [6.07, 6.45) is 1.71. The fourth-order valence-corrected chi connectivity index (χ4v) is 5.80. The average Bonchev–Trinajstić information content (AvgIpc) is 3.41. The molecule has 0 saturated carbocycles. The Morgan fingerprint density at radius 2 is 1.91 bits per heavy atom. The Morgan fingerprint density at radius 1 is 1.18 bits per heavy atom. The molecule has 0 radical (unpaired) electrons. The summed E-state index contributed by atoms with van der Waals surface area (Å²) in [5.74, 6) is -0.747. The van der Waals surface area contributed by atoms with Crippen molar-refractivity contribution in [3.05, 3.63) is 75.8 Å². The molecule has 0 unspecified atom stereocenters. The number of aromatic nitrogens is 1. The normalized spacial score (nSPS) is 13.0. The van der Waals surface area contributed by atoms with E-state index in [1.165, 1.54) is 10.6 Å². The Bertz CT molecular complexity index is 1340. The number of carbonyl (C=O) groups is 2. The zero-order valence-corrected chi connectivity index (χ0v) is 20.8. The zero-order valence-electron chi connectivity index (χ0n) is 19.1. The van der Waals surface area contributed by atoms with Crippen LogP contribution in [0.15, 0.2) is 48.5 Å². The molecule has 0 saturated heterocycles. The minimum Gasteiger partial charge on any atom is -0.462 e. The van der Waals surface area contributed by atoms with Gasteiger partial charge in [-0.15, -0.1) is 0 Å². The Labute approximate surface area is 202 Å². The number of ether oxygens (including phenoxy) is 1. The third-order valence-electron chi connectivity index (χ3n) is 5.49. The summed E-state index contributed by atoms with van der Waals surface area (Å²) >= 11 is 1.12. The van der Waals surface area contributed by atoms with E-state index in [0.29, 0.717) is 39.9 Å². The first-order valence-electron chi connectivity index (χ1n) is 10.8. The fraction of sp³-hybridized carbons (Fsp3) is 0.292. The highest BCUT2D eigenvalue weighted by molar-refractivity contribution is 7.92. The van der Waals surface area contributed by atoms with Gasteiger partial charge in [-0.05, 0) is 49.6 Å². The Balaban J connectivity index is 1.71. The fourth-order valence-electron chi connectivity index (χ4n) is 3.88. The summed E-state index contributed by atoms with van der Waals surface area (Å²) in [4.78, 5) is 32.4. The number of carbonyl (C=O) groups excluding carboxylic acids is 2. The van der Waals surface area contributed by atoms with E-state index in [-0.39, 0.29) is 19.1 Å². The second kappa shape index (κ2) is 9.55. The molecule has 1 aromatic heterocycles. The number of rotatable bonds is 7. The second-order valence-electron chi connectivity index (χ2n) is 7.94. The number of anilines is 2. The number of esters is 1.